The van der Waals surface area contributed by atoms with Crippen molar-refractivity contribution in [2.45, 2.75) is 32.4 Å². The summed E-state index contributed by atoms with van der Waals surface area (Å²) in [7, 11) is 0. The second-order valence-electron chi connectivity index (χ2n) is 4.79. The molecule has 3 nitrogen and oxygen atoms in total. The molecule has 2 aromatic rings. The first-order valence-electron chi connectivity index (χ1n) is 8.16. The summed E-state index contributed by atoms with van der Waals surface area (Å²) in [6, 6.07) is 17.2. The molecule has 0 saturated heterocycles. The number of rotatable bonds is 7. The third kappa shape index (κ3) is 4.43. The zero-order chi connectivity index (χ0) is 16.8. The molecular weight excluding hydrogens is 262 g/mol. The van der Waals surface area contributed by atoms with Crippen LogP contribution in [0.5, 0.6) is 0 Å². The Bertz CT molecular complexity index is 576. The zero-order valence-corrected chi connectivity index (χ0v) is 12.0. The minimum absolute atomic E-state index is 0.333. The number of carboxylic acid groups (broad SMARTS) is 1. The van der Waals surface area contributed by atoms with Crippen molar-refractivity contribution in [3.63, 3.8) is 0 Å². The van der Waals surface area contributed by atoms with Gasteiger partial charge >= 0.3 is 5.97 Å². The molecule has 0 aliphatic carbocycles. The van der Waals surface area contributed by atoms with Crippen molar-refractivity contribution in [1.29, 1.82) is 0 Å². The molecule has 0 amide bonds. The van der Waals surface area contributed by atoms with Crippen LogP contribution >= 0.6 is 0 Å². The van der Waals surface area contributed by atoms with E-state index in [1.54, 1.807) is 31.2 Å². The van der Waals surface area contributed by atoms with E-state index in [1.165, 1.54) is 4.90 Å². The maximum atomic E-state index is 11.6. The van der Waals surface area contributed by atoms with E-state index in [0.717, 1.165) is 0 Å². The molecule has 0 saturated carbocycles. The molecular formula is C18H21NO2. The molecule has 0 spiro atoms. The number of carbonyl (C=O) groups is 1. The summed E-state index contributed by atoms with van der Waals surface area (Å²) in [6.45, 7) is -0.0683. The van der Waals surface area contributed by atoms with E-state index in [-0.39, 0.29) is 0 Å². The fourth-order valence-corrected chi connectivity index (χ4v) is 2.15. The van der Waals surface area contributed by atoms with Gasteiger partial charge in [-0.3, -0.25) is 9.69 Å². The highest BCUT2D eigenvalue weighted by molar-refractivity contribution is 5.73. The lowest BCUT2D eigenvalue weighted by molar-refractivity contribution is -0.144. The minimum Gasteiger partial charge on any atom is -0.480 e. The van der Waals surface area contributed by atoms with Crippen molar-refractivity contribution < 1.29 is 12.6 Å². The summed E-state index contributed by atoms with van der Waals surface area (Å²) in [5.74, 6) is -1.01. The smallest absolute Gasteiger partial charge is 0.320 e. The largest absolute Gasteiger partial charge is 0.480 e. The first kappa shape index (κ1) is 12.6. The van der Waals surface area contributed by atoms with Gasteiger partial charge in [-0.1, -0.05) is 67.6 Å². The highest BCUT2D eigenvalue weighted by atomic mass is 16.4. The van der Waals surface area contributed by atoms with E-state index < -0.39 is 25.1 Å². The van der Waals surface area contributed by atoms with E-state index in [9.17, 15) is 9.90 Å². The number of aliphatic carboxylic acids is 1. The lowest BCUT2D eigenvalue weighted by Gasteiger charge is -2.28. The normalized spacial score (nSPS) is 16.7. The van der Waals surface area contributed by atoms with Crippen molar-refractivity contribution in [2.24, 2.45) is 0 Å². The van der Waals surface area contributed by atoms with Crippen molar-refractivity contribution in [3.8, 4) is 0 Å². The van der Waals surface area contributed by atoms with Crippen LogP contribution < -0.4 is 0 Å². The Kier molecular flexibility index (Phi) is 4.56. The number of carboxylic acids is 1. The van der Waals surface area contributed by atoms with Crippen molar-refractivity contribution in [1.82, 2.24) is 4.90 Å². The SMILES string of the molecule is [2H]C(c1ccccc1)N(C(CC)C(=O)O)C([2H])c1ccccc1. The van der Waals surface area contributed by atoms with Gasteiger partial charge in [0.15, 0.2) is 0 Å². The van der Waals surface area contributed by atoms with Gasteiger partial charge in [0.05, 0.1) is 0 Å². The average Bonchev–Trinajstić information content (AvgIpc) is 2.59. The van der Waals surface area contributed by atoms with Crippen LogP contribution in [0.25, 0.3) is 0 Å². The van der Waals surface area contributed by atoms with Gasteiger partial charge < -0.3 is 5.11 Å². The molecule has 0 radical (unpaired) electrons. The molecule has 110 valence electrons. The number of hydrogen-bond acceptors (Lipinski definition) is 2. The van der Waals surface area contributed by atoms with Crippen LogP contribution in [0.1, 0.15) is 27.2 Å². The molecule has 0 bridgehead atoms. The molecule has 2 aromatic carbocycles. The first-order valence-corrected chi connectivity index (χ1v) is 7.01. The average molecular weight is 285 g/mol. The maximum absolute atomic E-state index is 11.6. The summed E-state index contributed by atoms with van der Waals surface area (Å²) in [4.78, 5) is 13.1. The number of hydrogen-bond donors (Lipinski definition) is 1. The Labute approximate surface area is 128 Å². The molecule has 0 aromatic heterocycles. The lowest BCUT2D eigenvalue weighted by atomic mass is 10.1. The van der Waals surface area contributed by atoms with Crippen LogP contribution in [0.2, 0.25) is 0 Å². The molecule has 0 aliphatic rings. The van der Waals surface area contributed by atoms with E-state index in [0.29, 0.717) is 17.5 Å². The van der Waals surface area contributed by atoms with Gasteiger partial charge in [-0.2, -0.15) is 0 Å². The monoisotopic (exact) mass is 285 g/mol. The minimum atomic E-state index is -1.01. The third-order valence-electron chi connectivity index (χ3n) is 3.23. The standard InChI is InChI=1S/C18H21NO2/c1-2-17(18(20)21)19(13-15-9-5-3-6-10-15)14-16-11-7-4-8-12-16/h3-12,17H,2,13-14H2,1H3,(H,20,21)/i13D,14D. The quantitative estimate of drug-likeness (QED) is 0.845. The van der Waals surface area contributed by atoms with Gasteiger partial charge in [0, 0.05) is 15.8 Å². The molecule has 0 fully saturated rings. The Morgan fingerprint density at radius 1 is 1.05 bits per heavy atom. The van der Waals surface area contributed by atoms with Gasteiger partial charge in [-0.25, -0.2) is 0 Å². The van der Waals surface area contributed by atoms with Gasteiger partial charge in [-0.15, -0.1) is 0 Å². The second kappa shape index (κ2) is 7.60. The molecule has 3 heteroatoms. The fraction of sp³-hybridized carbons (Fsp3) is 0.278. The predicted octanol–water partition coefficient (Wildman–Crippen LogP) is 3.55. The van der Waals surface area contributed by atoms with Crippen LogP contribution in [-0.2, 0) is 17.8 Å². The Morgan fingerprint density at radius 3 is 1.81 bits per heavy atom. The first-order chi connectivity index (χ1) is 11.1. The third-order valence-corrected chi connectivity index (χ3v) is 3.23. The predicted molar refractivity (Wildman–Crippen MR) is 83.8 cm³/mol. The van der Waals surface area contributed by atoms with Crippen molar-refractivity contribution >= 4 is 5.97 Å². The van der Waals surface area contributed by atoms with E-state index in [2.05, 4.69) is 0 Å². The summed E-state index contributed by atoms with van der Waals surface area (Å²) < 4.78 is 17.0. The molecule has 0 heterocycles. The van der Waals surface area contributed by atoms with Crippen LogP contribution in [-0.4, -0.2) is 22.0 Å². The van der Waals surface area contributed by atoms with Gasteiger partial charge in [0.25, 0.3) is 0 Å². The Morgan fingerprint density at radius 2 is 1.48 bits per heavy atom. The van der Waals surface area contributed by atoms with E-state index in [4.69, 9.17) is 2.74 Å². The number of benzene rings is 2. The maximum Gasteiger partial charge on any atom is 0.320 e. The van der Waals surface area contributed by atoms with Crippen LogP contribution in [0.4, 0.5) is 0 Å². The molecule has 2 rings (SSSR count). The molecule has 3 unspecified atom stereocenters. The van der Waals surface area contributed by atoms with Gasteiger partial charge in [0.1, 0.15) is 6.04 Å². The summed E-state index contributed by atoms with van der Waals surface area (Å²) in [6.07, 6.45) is 0.333. The highest BCUT2D eigenvalue weighted by Gasteiger charge is 2.23. The Hall–Kier alpha value is -2.13. The Balaban J connectivity index is 2.41. The van der Waals surface area contributed by atoms with Crippen LogP contribution in [0.3, 0.4) is 0 Å². The lowest BCUT2D eigenvalue weighted by Crippen LogP contribution is -2.39. The van der Waals surface area contributed by atoms with Crippen LogP contribution in [0, 0.1) is 0 Å². The van der Waals surface area contributed by atoms with Gasteiger partial charge in [-0.05, 0) is 17.5 Å². The zero-order valence-electron chi connectivity index (χ0n) is 14.0. The number of nitrogens with zero attached hydrogens (tertiary/aromatic N) is 1. The van der Waals surface area contributed by atoms with Crippen molar-refractivity contribution in [2.75, 3.05) is 0 Å². The topological polar surface area (TPSA) is 40.5 Å². The van der Waals surface area contributed by atoms with E-state index in [1.807, 2.05) is 36.4 Å². The summed E-state index contributed by atoms with van der Waals surface area (Å²) in [5, 5.41) is 9.53. The molecule has 0 aliphatic heterocycles. The molecule has 3 atom stereocenters. The highest BCUT2D eigenvalue weighted by Crippen LogP contribution is 2.15. The second-order valence-corrected chi connectivity index (χ2v) is 4.79. The molecule has 21 heavy (non-hydrogen) atoms. The van der Waals surface area contributed by atoms with E-state index >= 15 is 0 Å². The summed E-state index contributed by atoms with van der Waals surface area (Å²) >= 11 is 0. The fourth-order valence-electron chi connectivity index (χ4n) is 2.15. The van der Waals surface area contributed by atoms with Crippen LogP contribution in [0.15, 0.2) is 60.7 Å². The van der Waals surface area contributed by atoms with Crippen molar-refractivity contribution in [3.05, 3.63) is 71.8 Å². The summed E-state index contributed by atoms with van der Waals surface area (Å²) in [5.41, 5.74) is 1.36. The van der Waals surface area contributed by atoms with Gasteiger partial charge in [0.2, 0.25) is 0 Å². The molecule has 1 N–H and O–H groups in total.